The molecular weight excluding hydrogens is 982 g/mol. The molecule has 0 bridgehead atoms. The second-order valence-electron chi connectivity index (χ2n) is 17.8. The highest BCUT2D eigenvalue weighted by Crippen LogP contribution is 2.42. The monoisotopic (exact) mass is 1050 g/mol. The van der Waals surface area contributed by atoms with Crippen molar-refractivity contribution in [2.24, 2.45) is 0 Å². The van der Waals surface area contributed by atoms with Crippen molar-refractivity contribution in [1.29, 1.82) is 0 Å². The number of aliphatic hydroxyl groups is 13. The molecule has 0 spiro atoms. The Bertz CT molecular complexity index is 1790. The average molecular weight is 1050 g/mol. The van der Waals surface area contributed by atoms with Crippen molar-refractivity contribution < 1.29 is 133 Å². The highest BCUT2D eigenvalue weighted by molar-refractivity contribution is 5.75. The smallest absolute Gasteiger partial charge is 0.308 e. The van der Waals surface area contributed by atoms with Crippen molar-refractivity contribution >= 4 is 29.5 Å². The molecule has 5 aliphatic heterocycles. The Morgan fingerprint density at radius 3 is 1.12 bits per heavy atom. The lowest BCUT2D eigenvalue weighted by Crippen LogP contribution is -2.77. The topological polar surface area (TPSA) is 492 Å². The van der Waals surface area contributed by atoms with Gasteiger partial charge in [0.05, 0.1) is 33.0 Å². The van der Waals surface area contributed by atoms with Crippen LogP contribution in [0.25, 0.3) is 0 Å². The molecule has 0 aromatic carbocycles. The third-order valence-electron chi connectivity index (χ3n) is 12.4. The fraction of sp³-hybridized carbons (Fsp3) is 0.875. The summed E-state index contributed by atoms with van der Waals surface area (Å²) >= 11 is 0. The summed E-state index contributed by atoms with van der Waals surface area (Å²) in [6.07, 6.45) is -37.0. The molecule has 5 rings (SSSR count). The van der Waals surface area contributed by atoms with Gasteiger partial charge in [-0.05, 0) is 0 Å². The van der Waals surface area contributed by atoms with Crippen molar-refractivity contribution in [2.75, 3.05) is 33.0 Å². The number of carbonyl (C=O) groups excluding carboxylic acids is 5. The summed E-state index contributed by atoms with van der Waals surface area (Å²) in [5.74, 6) is -7.54. The van der Waals surface area contributed by atoms with E-state index in [1.807, 2.05) is 0 Å². The van der Waals surface area contributed by atoms with Gasteiger partial charge in [0.15, 0.2) is 25.2 Å². The quantitative estimate of drug-likeness (QED) is 0.0567. The summed E-state index contributed by atoms with van der Waals surface area (Å²) in [6, 6.07) is -9.16. The van der Waals surface area contributed by atoms with E-state index in [0.717, 1.165) is 34.6 Å². The minimum atomic E-state index is -3.28. The predicted octanol–water partition coefficient (Wildman–Crippen LogP) is -11.9. The van der Waals surface area contributed by atoms with E-state index in [9.17, 15) is 90.4 Å². The van der Waals surface area contributed by atoms with Crippen molar-refractivity contribution in [3.8, 4) is 0 Å². The minimum Gasteiger partial charge on any atom is -0.394 e. The van der Waals surface area contributed by atoms with Crippen LogP contribution in [0.3, 0.4) is 0 Å². The normalized spacial score (nSPS) is 44.5. The van der Waals surface area contributed by atoms with Crippen LogP contribution in [0.4, 0.5) is 0 Å². The van der Waals surface area contributed by atoms with E-state index in [1.165, 1.54) is 0 Å². The van der Waals surface area contributed by atoms with Gasteiger partial charge in [0.25, 0.3) is 0 Å². The fourth-order valence-electron chi connectivity index (χ4n) is 9.15. The van der Waals surface area contributed by atoms with Gasteiger partial charge in [-0.3, -0.25) is 24.0 Å². The summed E-state index contributed by atoms with van der Waals surface area (Å²) in [7, 11) is 0. The first-order valence-corrected chi connectivity index (χ1v) is 22.7. The van der Waals surface area contributed by atoms with Gasteiger partial charge in [-0.15, -0.1) is 0 Å². The van der Waals surface area contributed by atoms with E-state index in [4.69, 9.17) is 42.6 Å². The summed E-state index contributed by atoms with van der Waals surface area (Å²) in [6.45, 7) is -0.318. The second kappa shape index (κ2) is 25.3. The number of amides is 5. The van der Waals surface area contributed by atoms with E-state index in [1.54, 1.807) is 0 Å². The molecule has 5 fully saturated rings. The summed E-state index contributed by atoms with van der Waals surface area (Å²) in [4.78, 5) is 62.3. The molecule has 25 atom stereocenters. The van der Waals surface area contributed by atoms with Gasteiger partial charge >= 0.3 is 5.97 Å². The summed E-state index contributed by atoms with van der Waals surface area (Å²) in [5.41, 5.74) is 0. The Morgan fingerprint density at radius 2 is 0.736 bits per heavy atom. The minimum absolute atomic E-state index is 0.743. The van der Waals surface area contributed by atoms with E-state index < -0.39 is 215 Å². The van der Waals surface area contributed by atoms with Gasteiger partial charge in [0, 0.05) is 34.6 Å². The Kier molecular flexibility index (Phi) is 20.9. The molecule has 18 N–H and O–H groups in total. The van der Waals surface area contributed by atoms with Crippen molar-refractivity contribution in [3.05, 3.63) is 0 Å². The molecule has 5 saturated heterocycles. The molecule has 5 heterocycles. The molecule has 414 valence electrons. The Morgan fingerprint density at radius 1 is 0.403 bits per heavy atom. The van der Waals surface area contributed by atoms with Gasteiger partial charge in [0.1, 0.15) is 122 Å². The Hall–Kier alpha value is -3.53. The summed E-state index contributed by atoms with van der Waals surface area (Å²) in [5, 5.41) is 154. The lowest BCUT2D eigenvalue weighted by atomic mass is 9.91. The van der Waals surface area contributed by atoms with Gasteiger partial charge in [0.2, 0.25) is 29.5 Å². The lowest BCUT2D eigenvalue weighted by Gasteiger charge is -2.56. The van der Waals surface area contributed by atoms with Crippen molar-refractivity contribution in [3.63, 3.8) is 0 Å². The maximum atomic E-state index is 13.1. The SMILES string of the molecule is CC(=O)N[C@@H]1[C@@H](O)[C@H](OC2(O[C@H]3[C@H](O)[C@@H](NC(C)=O)[C@@H](O)O[C@@H]3CO)O[C@H](CO)[C@@H](O[C@@H]3O[C@H](CO)[C@@H](O[C@@H]4O[C@H](CO)[C@@H](O)[C@H](O)[C@H]4NC(C)=O)[C@H](O)[C@H]3NC(C)=O)[C@H](O)[C@H]2NC(C)=O)[C@@H](CO)O[C@H]1O. The molecule has 1 unspecified atom stereocenters. The highest BCUT2D eigenvalue weighted by atomic mass is 16.9. The van der Waals surface area contributed by atoms with Crippen molar-refractivity contribution in [2.45, 2.75) is 188 Å². The standard InChI is InChI=1S/C40H67N5O27/c1-11(51)41-21-27(58)33(18(8-48)64-36(21)62)71-40(72-34-19(9-49)65-37(63)22(28(34)59)42-12(2)52)35(45-15(5)55)30(61)32(20(10-50)70-40)69-39-24(44-14(4)54)29(60)31(17(7-47)67-39)68-38-23(43-13(3)53)26(57)25(56)16(6-46)66-38/h16-39,46-50,56-63H,6-10H2,1-5H3,(H,41,51)(H,42,52)(H,43,53)(H,44,54)(H,45,55)/t16-,17-,18-,19-,20-,21-,22-,23-,24-,25-,26-,27-,28-,29-,30+,31-,32-,33-,34-,35-,36-,37+,38+,39+,40?/m1/s1. The van der Waals surface area contributed by atoms with E-state index in [0.29, 0.717) is 0 Å². The van der Waals surface area contributed by atoms with Crippen LogP contribution in [0.2, 0.25) is 0 Å². The summed E-state index contributed by atoms with van der Waals surface area (Å²) < 4.78 is 53.4. The molecule has 0 saturated carbocycles. The van der Waals surface area contributed by atoms with Crippen LogP contribution < -0.4 is 26.6 Å². The van der Waals surface area contributed by atoms with Crippen LogP contribution in [0.5, 0.6) is 0 Å². The number of hydrogen-bond donors (Lipinski definition) is 18. The van der Waals surface area contributed by atoms with Gasteiger partial charge in [-0.2, -0.15) is 0 Å². The molecule has 32 heteroatoms. The highest BCUT2D eigenvalue weighted by Gasteiger charge is 2.65. The maximum Gasteiger partial charge on any atom is 0.308 e. The zero-order valence-electron chi connectivity index (χ0n) is 39.4. The van der Waals surface area contributed by atoms with Gasteiger partial charge < -0.3 is 136 Å². The molecule has 0 radical (unpaired) electrons. The largest absolute Gasteiger partial charge is 0.394 e. The molecule has 72 heavy (non-hydrogen) atoms. The number of hydrogen-bond acceptors (Lipinski definition) is 27. The zero-order chi connectivity index (χ0) is 53.7. The third kappa shape index (κ3) is 13.1. The average Bonchev–Trinajstić information content (AvgIpc) is 3.31. The first-order valence-electron chi connectivity index (χ1n) is 22.7. The molecule has 0 aromatic rings. The number of rotatable bonds is 18. The van der Waals surface area contributed by atoms with Crippen LogP contribution >= 0.6 is 0 Å². The fourth-order valence-corrected chi connectivity index (χ4v) is 9.15. The molecule has 32 nitrogen and oxygen atoms in total. The third-order valence-corrected chi connectivity index (χ3v) is 12.4. The number of ether oxygens (including phenoxy) is 9. The predicted molar refractivity (Wildman–Crippen MR) is 226 cm³/mol. The van der Waals surface area contributed by atoms with E-state index in [2.05, 4.69) is 26.6 Å². The first-order chi connectivity index (χ1) is 33.9. The van der Waals surface area contributed by atoms with Crippen LogP contribution in [0.1, 0.15) is 34.6 Å². The first kappa shape index (κ1) is 59.3. The van der Waals surface area contributed by atoms with Crippen LogP contribution in [-0.2, 0) is 66.6 Å². The van der Waals surface area contributed by atoms with Crippen molar-refractivity contribution in [1.82, 2.24) is 26.6 Å². The molecule has 5 amide bonds. The number of carbonyl (C=O) groups is 5. The lowest BCUT2D eigenvalue weighted by molar-refractivity contribution is -0.487. The second-order valence-corrected chi connectivity index (χ2v) is 17.8. The molecule has 5 aliphatic rings. The molecule has 0 aromatic heterocycles. The van der Waals surface area contributed by atoms with Crippen LogP contribution in [0, 0.1) is 0 Å². The van der Waals surface area contributed by atoms with E-state index >= 15 is 0 Å². The van der Waals surface area contributed by atoms with Gasteiger partial charge in [-0.1, -0.05) is 0 Å². The number of aliphatic hydroxyl groups excluding tert-OH is 13. The Labute approximate surface area is 409 Å². The molecular formula is C40H67N5O27. The van der Waals surface area contributed by atoms with Gasteiger partial charge in [-0.25, -0.2) is 0 Å². The van der Waals surface area contributed by atoms with Crippen LogP contribution in [0.15, 0.2) is 0 Å². The Balaban J connectivity index is 1.59. The van der Waals surface area contributed by atoms with E-state index in [-0.39, 0.29) is 0 Å². The number of nitrogens with one attached hydrogen (secondary N) is 5. The van der Waals surface area contributed by atoms with Crippen LogP contribution in [-0.4, -0.2) is 282 Å². The maximum absolute atomic E-state index is 13.1. The molecule has 0 aliphatic carbocycles. The zero-order valence-corrected chi connectivity index (χ0v) is 39.4.